The molecule has 0 N–H and O–H groups in total. The molecule has 0 aliphatic carbocycles. The lowest BCUT2D eigenvalue weighted by Gasteiger charge is -2.13. The molecule has 2 aromatic rings. The Balaban J connectivity index is 0.000000311. The summed E-state index contributed by atoms with van der Waals surface area (Å²) in [5.41, 5.74) is 1.38. The van der Waals surface area contributed by atoms with E-state index in [1.807, 2.05) is 42.0 Å². The summed E-state index contributed by atoms with van der Waals surface area (Å²) in [4.78, 5) is 33.6. The Morgan fingerprint density at radius 3 is 1.73 bits per heavy atom. The Hall–Kier alpha value is -2.70. The minimum Gasteiger partial charge on any atom is -0.383 e. The molecular formula is C23H37N5O2. The summed E-state index contributed by atoms with van der Waals surface area (Å²) in [6.07, 6.45) is 8.37. The van der Waals surface area contributed by atoms with Crippen molar-refractivity contribution in [1.82, 2.24) is 24.0 Å². The predicted octanol–water partition coefficient (Wildman–Crippen LogP) is 4.51. The van der Waals surface area contributed by atoms with Crippen LogP contribution in [0.5, 0.6) is 0 Å². The number of carbonyl (C=O) groups is 2. The van der Waals surface area contributed by atoms with Crippen LogP contribution in [0.15, 0.2) is 24.7 Å². The molecule has 2 heterocycles. The number of aromatic nitrogens is 4. The minimum atomic E-state index is -0.000370. The Morgan fingerprint density at radius 1 is 0.933 bits per heavy atom. The molecule has 7 heteroatoms. The van der Waals surface area contributed by atoms with Crippen molar-refractivity contribution in [3.05, 3.63) is 47.7 Å². The van der Waals surface area contributed by atoms with Crippen LogP contribution in [0.3, 0.4) is 0 Å². The number of nitrogens with zero attached hydrogens (tertiary/aromatic N) is 5. The predicted molar refractivity (Wildman–Crippen MR) is 121 cm³/mol. The lowest BCUT2D eigenvalue weighted by Crippen LogP contribution is -2.13. The van der Waals surface area contributed by atoms with Gasteiger partial charge in [-0.05, 0) is 27.7 Å². The minimum absolute atomic E-state index is 0.000370. The van der Waals surface area contributed by atoms with Crippen LogP contribution >= 0.6 is 0 Å². The molecule has 2 aromatic heterocycles. The zero-order valence-electron chi connectivity index (χ0n) is 19.9. The molecule has 0 saturated heterocycles. The second kappa shape index (κ2) is 11.5. The average Bonchev–Trinajstić information content (AvgIpc) is 3.30. The van der Waals surface area contributed by atoms with E-state index in [1.165, 1.54) is 0 Å². The van der Waals surface area contributed by atoms with Crippen LogP contribution in [-0.4, -0.2) is 49.7 Å². The van der Waals surface area contributed by atoms with Gasteiger partial charge < -0.3 is 14.0 Å². The van der Waals surface area contributed by atoms with Crippen molar-refractivity contribution in [2.45, 2.75) is 73.4 Å². The summed E-state index contributed by atoms with van der Waals surface area (Å²) in [7, 11) is 3.78. The highest BCUT2D eigenvalue weighted by Gasteiger charge is 2.16. The summed E-state index contributed by atoms with van der Waals surface area (Å²) in [6.45, 7) is 13.9. The van der Waals surface area contributed by atoms with Crippen LogP contribution in [0.2, 0.25) is 0 Å². The second-order valence-corrected chi connectivity index (χ2v) is 7.95. The van der Waals surface area contributed by atoms with Crippen LogP contribution in [0.1, 0.15) is 93.2 Å². The molecule has 0 radical (unpaired) electrons. The molecule has 0 aliphatic rings. The smallest absolute Gasteiger partial charge is 0.205 e. The molecule has 2 rings (SSSR count). The maximum atomic E-state index is 12.0. The summed E-state index contributed by atoms with van der Waals surface area (Å²) in [5.74, 6) is 2.03. The fourth-order valence-corrected chi connectivity index (χ4v) is 3.22. The van der Waals surface area contributed by atoms with Gasteiger partial charge in [-0.1, -0.05) is 13.8 Å². The lowest BCUT2D eigenvalue weighted by molar-refractivity contribution is 0.100. The van der Waals surface area contributed by atoms with Gasteiger partial charge in [-0.2, -0.15) is 0 Å². The summed E-state index contributed by atoms with van der Waals surface area (Å²) < 4.78 is 4.00. The Labute approximate surface area is 180 Å². The number of Topliss-reactive ketones (excluding diaryl/α,β-unsaturated/α-hetero) is 1. The van der Waals surface area contributed by atoms with Gasteiger partial charge in [-0.25, -0.2) is 9.97 Å². The van der Waals surface area contributed by atoms with Gasteiger partial charge in [0, 0.05) is 58.2 Å². The second-order valence-electron chi connectivity index (χ2n) is 7.95. The van der Waals surface area contributed by atoms with Gasteiger partial charge in [0.05, 0.1) is 12.4 Å². The highest BCUT2D eigenvalue weighted by molar-refractivity contribution is 6.03. The van der Waals surface area contributed by atoms with Crippen molar-refractivity contribution in [3.8, 4) is 0 Å². The topological polar surface area (TPSA) is 73.0 Å². The number of hydrogen-bond donors (Lipinski definition) is 0. The van der Waals surface area contributed by atoms with E-state index in [9.17, 15) is 9.59 Å². The van der Waals surface area contributed by atoms with Gasteiger partial charge in [0.2, 0.25) is 5.78 Å². The van der Waals surface area contributed by atoms with Crippen molar-refractivity contribution in [1.29, 1.82) is 0 Å². The molecule has 0 atom stereocenters. The van der Waals surface area contributed by atoms with E-state index in [2.05, 4.69) is 37.7 Å². The summed E-state index contributed by atoms with van der Waals surface area (Å²) in [5, 5.41) is 0. The zero-order valence-corrected chi connectivity index (χ0v) is 19.9. The van der Waals surface area contributed by atoms with Crippen LogP contribution in [0.4, 0.5) is 0 Å². The van der Waals surface area contributed by atoms with E-state index < -0.39 is 0 Å². The van der Waals surface area contributed by atoms with E-state index in [-0.39, 0.29) is 17.6 Å². The number of hydrogen-bond acceptors (Lipinski definition) is 5. The van der Waals surface area contributed by atoms with Crippen molar-refractivity contribution < 1.29 is 9.59 Å². The molecule has 0 saturated carbocycles. The van der Waals surface area contributed by atoms with E-state index in [0.717, 1.165) is 24.5 Å². The van der Waals surface area contributed by atoms with Crippen LogP contribution in [0.25, 0.3) is 0 Å². The van der Waals surface area contributed by atoms with Crippen molar-refractivity contribution in [3.63, 3.8) is 0 Å². The molecule has 0 spiro atoms. The van der Waals surface area contributed by atoms with Gasteiger partial charge in [-0.15, -0.1) is 0 Å². The van der Waals surface area contributed by atoms with Crippen molar-refractivity contribution in [2.24, 2.45) is 0 Å². The molecule has 0 bridgehead atoms. The molecule has 166 valence electrons. The maximum Gasteiger partial charge on any atom is 0.205 e. The van der Waals surface area contributed by atoms with Gasteiger partial charge in [0.15, 0.2) is 5.78 Å². The SMILES string of the molecule is CCc1ncc(C(=O)/C=C/N(C)C)n1C(C)C.CCc1ncc(C(C)=O)n1C(C)C. The fourth-order valence-electron chi connectivity index (χ4n) is 3.22. The standard InChI is InChI=1S/C13H21N3O.C10H16N2O/c1-6-13-14-9-11(16(13)10(2)3)12(17)7-8-15(4)5;1-5-10-11-6-9(8(4)13)12(10)7(2)3/h7-10H,6H2,1-5H3;6-7H,5H2,1-4H3/b8-7+;. The highest BCUT2D eigenvalue weighted by atomic mass is 16.1. The number of rotatable bonds is 8. The van der Waals surface area contributed by atoms with E-state index >= 15 is 0 Å². The molecule has 0 unspecified atom stereocenters. The quantitative estimate of drug-likeness (QED) is 0.468. The molecule has 0 fully saturated rings. The fraction of sp³-hybridized carbons (Fsp3) is 0.565. The first-order valence-electron chi connectivity index (χ1n) is 10.6. The average molecular weight is 416 g/mol. The normalized spacial score (nSPS) is 11.2. The third kappa shape index (κ3) is 6.40. The lowest BCUT2D eigenvalue weighted by atomic mass is 10.2. The Morgan fingerprint density at radius 2 is 1.37 bits per heavy atom. The first-order chi connectivity index (χ1) is 14.0. The third-order valence-corrected chi connectivity index (χ3v) is 4.55. The largest absolute Gasteiger partial charge is 0.383 e. The zero-order chi connectivity index (χ0) is 23.0. The Kier molecular flexibility index (Phi) is 9.69. The summed E-state index contributed by atoms with van der Waals surface area (Å²) in [6, 6.07) is 0.551. The number of allylic oxidation sites excluding steroid dienone is 1. The highest BCUT2D eigenvalue weighted by Crippen LogP contribution is 2.16. The molecule has 30 heavy (non-hydrogen) atoms. The monoisotopic (exact) mass is 415 g/mol. The first-order valence-corrected chi connectivity index (χ1v) is 10.6. The molecule has 0 aromatic carbocycles. The summed E-state index contributed by atoms with van der Waals surface area (Å²) >= 11 is 0. The van der Waals surface area contributed by atoms with Crippen molar-refractivity contribution in [2.75, 3.05) is 14.1 Å². The van der Waals surface area contributed by atoms with Crippen LogP contribution < -0.4 is 0 Å². The Bertz CT molecular complexity index is 872. The van der Waals surface area contributed by atoms with E-state index in [0.29, 0.717) is 17.4 Å². The van der Waals surface area contributed by atoms with E-state index in [4.69, 9.17) is 0 Å². The molecule has 7 nitrogen and oxygen atoms in total. The van der Waals surface area contributed by atoms with Crippen LogP contribution in [0, 0.1) is 0 Å². The van der Waals surface area contributed by atoms with E-state index in [1.54, 1.807) is 31.6 Å². The van der Waals surface area contributed by atoms with Gasteiger partial charge in [0.1, 0.15) is 23.0 Å². The third-order valence-electron chi connectivity index (χ3n) is 4.55. The maximum absolute atomic E-state index is 12.0. The number of carbonyl (C=O) groups excluding carboxylic acids is 2. The molecule has 0 aliphatic heterocycles. The number of imidazole rings is 2. The molecular weight excluding hydrogens is 378 g/mol. The van der Waals surface area contributed by atoms with Crippen LogP contribution in [-0.2, 0) is 12.8 Å². The molecule has 0 amide bonds. The first kappa shape index (κ1) is 25.3. The van der Waals surface area contributed by atoms with Crippen molar-refractivity contribution >= 4 is 11.6 Å². The van der Waals surface area contributed by atoms with Gasteiger partial charge in [0.25, 0.3) is 0 Å². The van der Waals surface area contributed by atoms with Gasteiger partial charge >= 0.3 is 0 Å². The number of aryl methyl sites for hydroxylation is 2. The van der Waals surface area contributed by atoms with Gasteiger partial charge in [-0.3, -0.25) is 9.59 Å². The number of ketones is 2.